The molecule has 0 radical (unpaired) electrons. The molecule has 6 heteroatoms. The number of nitrogens with zero attached hydrogens (tertiary/aromatic N) is 1. The van der Waals surface area contributed by atoms with Gasteiger partial charge >= 0.3 is 0 Å². The maximum Gasteiger partial charge on any atom is 0.273 e. The lowest BCUT2D eigenvalue weighted by molar-refractivity contribution is 0.0945. The molecule has 0 spiro atoms. The Kier molecular flexibility index (Phi) is 5.63. The first-order valence-corrected chi connectivity index (χ1v) is 8.33. The summed E-state index contributed by atoms with van der Waals surface area (Å²) in [5.41, 5.74) is 1.10. The Balaban J connectivity index is 1.48. The van der Waals surface area contributed by atoms with Crippen LogP contribution in [0.15, 0.2) is 59.0 Å². The number of carbonyl (C=O) groups excluding carboxylic acids is 1. The highest BCUT2D eigenvalue weighted by molar-refractivity contribution is 5.93. The Hall–Kier alpha value is -3.15. The van der Waals surface area contributed by atoms with Crippen molar-refractivity contribution in [2.24, 2.45) is 0 Å². The van der Waals surface area contributed by atoms with Crippen molar-refractivity contribution in [3.05, 3.63) is 71.9 Å². The van der Waals surface area contributed by atoms with Crippen LogP contribution in [0, 0.1) is 12.7 Å². The third-order valence-electron chi connectivity index (χ3n) is 3.72. The normalized spacial score (nSPS) is 10.5. The summed E-state index contributed by atoms with van der Waals surface area (Å²) in [6, 6.07) is 15.2. The van der Waals surface area contributed by atoms with Crippen LogP contribution in [0.4, 0.5) is 4.39 Å². The van der Waals surface area contributed by atoms with Gasteiger partial charge in [-0.1, -0.05) is 18.2 Å². The van der Waals surface area contributed by atoms with Crippen LogP contribution in [0.1, 0.15) is 22.7 Å². The van der Waals surface area contributed by atoms with Crippen LogP contribution in [0.3, 0.4) is 0 Å². The number of amides is 1. The number of benzene rings is 2. The Morgan fingerprint density at radius 1 is 1.15 bits per heavy atom. The lowest BCUT2D eigenvalue weighted by atomic mass is 10.2. The summed E-state index contributed by atoms with van der Waals surface area (Å²) in [7, 11) is 0. The summed E-state index contributed by atoms with van der Waals surface area (Å²) in [6.45, 7) is 2.57. The topological polar surface area (TPSA) is 64.4 Å². The van der Waals surface area contributed by atoms with E-state index in [2.05, 4.69) is 10.3 Å². The number of ether oxygens (including phenoxy) is 1. The number of nitrogens with one attached hydrogen (secondary N) is 1. The molecule has 0 saturated carbocycles. The summed E-state index contributed by atoms with van der Waals surface area (Å²) in [6.07, 6.45) is 0.617. The molecular weight excluding hydrogens is 335 g/mol. The molecule has 0 aliphatic rings. The second kappa shape index (κ2) is 8.29. The maximum atomic E-state index is 12.8. The summed E-state index contributed by atoms with van der Waals surface area (Å²) in [5, 5.41) is 2.80. The van der Waals surface area contributed by atoms with Crippen LogP contribution in [0.5, 0.6) is 5.75 Å². The van der Waals surface area contributed by atoms with Crippen LogP contribution in [0.2, 0.25) is 0 Å². The molecule has 1 heterocycles. The fraction of sp³-hybridized carbons (Fsp3) is 0.200. The summed E-state index contributed by atoms with van der Waals surface area (Å²) < 4.78 is 23.9. The third kappa shape index (κ3) is 4.47. The van der Waals surface area contributed by atoms with Crippen molar-refractivity contribution >= 4 is 5.91 Å². The monoisotopic (exact) mass is 354 g/mol. The molecule has 1 aromatic heterocycles. The van der Waals surface area contributed by atoms with Gasteiger partial charge in [0.1, 0.15) is 17.3 Å². The van der Waals surface area contributed by atoms with E-state index in [1.54, 1.807) is 19.1 Å². The van der Waals surface area contributed by atoms with Gasteiger partial charge in [-0.2, -0.15) is 0 Å². The first-order valence-electron chi connectivity index (χ1n) is 8.33. The van der Waals surface area contributed by atoms with E-state index in [0.29, 0.717) is 37.0 Å². The number of carbonyl (C=O) groups is 1. The average molecular weight is 354 g/mol. The van der Waals surface area contributed by atoms with Gasteiger partial charge in [0.15, 0.2) is 5.69 Å². The average Bonchev–Trinajstić information content (AvgIpc) is 3.05. The molecule has 0 bridgehead atoms. The predicted octanol–water partition coefficient (Wildman–Crippen LogP) is 3.99. The van der Waals surface area contributed by atoms with Crippen molar-refractivity contribution in [3.8, 4) is 17.2 Å². The molecule has 0 aliphatic carbocycles. The van der Waals surface area contributed by atoms with Crippen molar-refractivity contribution < 1.29 is 18.3 Å². The van der Waals surface area contributed by atoms with Crippen molar-refractivity contribution in [1.82, 2.24) is 10.3 Å². The molecule has 2 aromatic carbocycles. The number of rotatable bonds is 7. The van der Waals surface area contributed by atoms with E-state index in [9.17, 15) is 9.18 Å². The van der Waals surface area contributed by atoms with Crippen LogP contribution in [0.25, 0.3) is 11.5 Å². The molecule has 0 saturated heterocycles. The zero-order valence-corrected chi connectivity index (χ0v) is 14.4. The Morgan fingerprint density at radius 3 is 2.62 bits per heavy atom. The molecule has 0 aliphatic heterocycles. The van der Waals surface area contributed by atoms with Crippen molar-refractivity contribution in [3.63, 3.8) is 0 Å². The van der Waals surface area contributed by atoms with Crippen LogP contribution in [-0.4, -0.2) is 24.0 Å². The van der Waals surface area contributed by atoms with Gasteiger partial charge in [0.25, 0.3) is 5.91 Å². The van der Waals surface area contributed by atoms with Crippen molar-refractivity contribution in [1.29, 1.82) is 0 Å². The van der Waals surface area contributed by atoms with E-state index in [1.807, 2.05) is 30.3 Å². The molecule has 0 unspecified atom stereocenters. The predicted molar refractivity (Wildman–Crippen MR) is 95.5 cm³/mol. The van der Waals surface area contributed by atoms with Gasteiger partial charge in [-0.15, -0.1) is 0 Å². The lowest BCUT2D eigenvalue weighted by Gasteiger charge is -2.06. The smallest absolute Gasteiger partial charge is 0.273 e. The van der Waals surface area contributed by atoms with Crippen LogP contribution in [-0.2, 0) is 0 Å². The minimum absolute atomic E-state index is 0.281. The first kappa shape index (κ1) is 17.7. The third-order valence-corrected chi connectivity index (χ3v) is 3.72. The van der Waals surface area contributed by atoms with Gasteiger partial charge in [-0.25, -0.2) is 9.37 Å². The fourth-order valence-corrected chi connectivity index (χ4v) is 2.39. The summed E-state index contributed by atoms with van der Waals surface area (Å²) in [4.78, 5) is 16.6. The minimum Gasteiger partial charge on any atom is -0.494 e. The molecule has 1 N–H and O–H groups in total. The molecule has 1 amide bonds. The molecule has 3 rings (SSSR count). The Bertz CT molecular complexity index is 861. The van der Waals surface area contributed by atoms with E-state index in [-0.39, 0.29) is 17.4 Å². The molecule has 5 nitrogen and oxygen atoms in total. The van der Waals surface area contributed by atoms with Gasteiger partial charge in [-0.3, -0.25) is 4.79 Å². The van der Waals surface area contributed by atoms with Gasteiger partial charge < -0.3 is 14.5 Å². The highest BCUT2D eigenvalue weighted by Crippen LogP contribution is 2.21. The molecule has 26 heavy (non-hydrogen) atoms. The highest BCUT2D eigenvalue weighted by Gasteiger charge is 2.17. The summed E-state index contributed by atoms with van der Waals surface area (Å²) >= 11 is 0. The van der Waals surface area contributed by atoms with Crippen LogP contribution < -0.4 is 10.1 Å². The van der Waals surface area contributed by atoms with Gasteiger partial charge in [0.05, 0.1) is 6.61 Å². The zero-order valence-electron chi connectivity index (χ0n) is 14.4. The molecule has 0 fully saturated rings. The van der Waals surface area contributed by atoms with Gasteiger partial charge in [0.2, 0.25) is 5.89 Å². The first-order chi connectivity index (χ1) is 12.6. The molecule has 0 atom stereocenters. The fourth-order valence-electron chi connectivity index (χ4n) is 2.39. The minimum atomic E-state index is -0.303. The van der Waals surface area contributed by atoms with E-state index >= 15 is 0 Å². The summed E-state index contributed by atoms with van der Waals surface area (Å²) in [5.74, 6) is 0.909. The number of hydrogen-bond donors (Lipinski definition) is 1. The number of oxazole rings is 1. The molecular formula is C20H19FN2O3. The number of halogens is 1. The second-order valence-electron chi connectivity index (χ2n) is 5.70. The number of aryl methyl sites for hydroxylation is 1. The van der Waals surface area contributed by atoms with Crippen molar-refractivity contribution in [2.45, 2.75) is 13.3 Å². The van der Waals surface area contributed by atoms with E-state index in [4.69, 9.17) is 9.15 Å². The van der Waals surface area contributed by atoms with Gasteiger partial charge in [0, 0.05) is 12.1 Å². The van der Waals surface area contributed by atoms with Gasteiger partial charge in [-0.05, 0) is 49.7 Å². The van der Waals surface area contributed by atoms with E-state index < -0.39 is 0 Å². The standard InChI is InChI=1S/C20H19FN2O3/c1-14-18(23-20(26-14)15-6-3-2-4-7-15)19(24)22-12-5-13-25-17-10-8-16(21)9-11-17/h2-4,6-11H,5,12-13H2,1H3,(H,22,24). The maximum absolute atomic E-state index is 12.8. The highest BCUT2D eigenvalue weighted by atomic mass is 19.1. The quantitative estimate of drug-likeness (QED) is 0.652. The Labute approximate surface area is 150 Å². The zero-order chi connectivity index (χ0) is 18.4. The molecule has 3 aromatic rings. The largest absolute Gasteiger partial charge is 0.494 e. The van der Waals surface area contributed by atoms with Crippen molar-refractivity contribution in [2.75, 3.05) is 13.2 Å². The number of aromatic nitrogens is 1. The molecule has 134 valence electrons. The number of hydrogen-bond acceptors (Lipinski definition) is 4. The van der Waals surface area contributed by atoms with Crippen LogP contribution >= 0.6 is 0 Å². The van der Waals surface area contributed by atoms with E-state index in [1.165, 1.54) is 12.1 Å². The second-order valence-corrected chi connectivity index (χ2v) is 5.70. The van der Waals surface area contributed by atoms with E-state index in [0.717, 1.165) is 5.56 Å². The lowest BCUT2D eigenvalue weighted by Crippen LogP contribution is -2.26. The Morgan fingerprint density at radius 2 is 1.88 bits per heavy atom. The SMILES string of the molecule is Cc1oc(-c2ccccc2)nc1C(=O)NCCCOc1ccc(F)cc1.